The van der Waals surface area contributed by atoms with E-state index in [9.17, 15) is 4.79 Å². The van der Waals surface area contributed by atoms with Crippen molar-refractivity contribution < 1.29 is 14.1 Å². The number of carbonyl (C=O) groups excluding carboxylic acids is 1. The Labute approximate surface area is 133 Å². The van der Waals surface area contributed by atoms with Crippen LogP contribution in [0.1, 0.15) is 20.8 Å². The van der Waals surface area contributed by atoms with Gasteiger partial charge in [-0.05, 0) is 37.4 Å². The van der Waals surface area contributed by atoms with Crippen molar-refractivity contribution in [3.63, 3.8) is 0 Å². The molecule has 0 saturated carbocycles. The molecule has 1 aromatic heterocycles. The molecule has 0 saturated heterocycles. The molecule has 1 amide bonds. The van der Waals surface area contributed by atoms with Gasteiger partial charge in [0.1, 0.15) is 5.54 Å². The van der Waals surface area contributed by atoms with E-state index in [0.717, 1.165) is 5.39 Å². The second-order valence-electron chi connectivity index (χ2n) is 4.93. The number of benzene rings is 1. The second kappa shape index (κ2) is 6.75. The number of hydrogen-bond donors (Lipinski definition) is 1. The van der Waals surface area contributed by atoms with E-state index < -0.39 is 11.0 Å². The first-order valence-electron chi connectivity index (χ1n) is 6.76. The van der Waals surface area contributed by atoms with Crippen molar-refractivity contribution in [1.82, 2.24) is 10.5 Å². The third-order valence-electron chi connectivity index (χ3n) is 3.07. The van der Waals surface area contributed by atoms with Crippen LogP contribution >= 0.6 is 11.8 Å². The van der Waals surface area contributed by atoms with E-state index in [1.54, 1.807) is 6.92 Å². The van der Waals surface area contributed by atoms with Gasteiger partial charge in [-0.15, -0.1) is 17.7 Å². The Balaban J connectivity index is 2.33. The number of hydrogen-bond acceptors (Lipinski definition) is 5. The van der Waals surface area contributed by atoms with Crippen LogP contribution in [0.15, 0.2) is 28.8 Å². The van der Waals surface area contributed by atoms with Gasteiger partial charge in [0.25, 0.3) is 5.88 Å². The van der Waals surface area contributed by atoms with Gasteiger partial charge < -0.3 is 14.6 Å². The molecule has 22 heavy (non-hydrogen) atoms. The third-order valence-corrected chi connectivity index (χ3v) is 4.06. The largest absolute Gasteiger partial charge is 0.457 e. The zero-order valence-electron chi connectivity index (χ0n) is 13.0. The molecule has 0 aliphatic rings. The predicted molar refractivity (Wildman–Crippen MR) is 87.6 cm³/mol. The molecule has 0 bridgehead atoms. The summed E-state index contributed by atoms with van der Waals surface area (Å²) in [6.07, 6.45) is 1.89. The Bertz CT molecular complexity index is 732. The third kappa shape index (κ3) is 3.37. The summed E-state index contributed by atoms with van der Waals surface area (Å²) in [5.41, 5.74) is -0.613. The Morgan fingerprint density at radius 2 is 2.23 bits per heavy atom. The van der Waals surface area contributed by atoms with Gasteiger partial charge in [0.05, 0.1) is 5.39 Å². The van der Waals surface area contributed by atoms with Gasteiger partial charge >= 0.3 is 0 Å². The molecule has 2 aromatic rings. The fraction of sp³-hybridized carbons (Fsp3) is 0.375. The molecule has 0 spiro atoms. The number of carbonyl (C=O) groups is 1. The summed E-state index contributed by atoms with van der Waals surface area (Å²) in [6.45, 7) is 5.01. The summed E-state index contributed by atoms with van der Waals surface area (Å²) in [5.74, 6) is 6.08. The molecule has 1 heterocycles. The first-order valence-corrected chi connectivity index (χ1v) is 8.05. The highest BCUT2D eigenvalue weighted by Crippen LogP contribution is 2.30. The van der Waals surface area contributed by atoms with E-state index >= 15 is 0 Å². The zero-order valence-corrected chi connectivity index (χ0v) is 13.8. The summed E-state index contributed by atoms with van der Waals surface area (Å²) < 4.78 is 11.2. The highest BCUT2D eigenvalue weighted by molar-refractivity contribution is 7.99. The number of aromatic nitrogens is 1. The SMILES string of the molecule is CC#CC(C)(NC(C)=O)C(Oc1noc2ccccc12)SC. The summed E-state index contributed by atoms with van der Waals surface area (Å²) in [5, 5.41) is 7.60. The topological polar surface area (TPSA) is 64.4 Å². The van der Waals surface area contributed by atoms with Crippen LogP contribution in [0, 0.1) is 11.8 Å². The van der Waals surface area contributed by atoms with Crippen molar-refractivity contribution >= 4 is 28.6 Å². The molecule has 0 fully saturated rings. The van der Waals surface area contributed by atoms with Crippen molar-refractivity contribution in [3.05, 3.63) is 24.3 Å². The van der Waals surface area contributed by atoms with Crippen LogP contribution in [-0.4, -0.2) is 28.3 Å². The van der Waals surface area contributed by atoms with Crippen LogP contribution in [0.5, 0.6) is 5.88 Å². The molecule has 1 N–H and O–H groups in total. The lowest BCUT2D eigenvalue weighted by atomic mass is 10.0. The van der Waals surface area contributed by atoms with Gasteiger partial charge in [-0.3, -0.25) is 4.79 Å². The molecule has 2 atom stereocenters. The fourth-order valence-electron chi connectivity index (χ4n) is 2.23. The van der Waals surface area contributed by atoms with E-state index in [4.69, 9.17) is 9.26 Å². The molecule has 5 nitrogen and oxygen atoms in total. The maximum absolute atomic E-state index is 11.5. The average Bonchev–Trinajstić information content (AvgIpc) is 2.87. The number of amides is 1. The minimum atomic E-state index is -0.833. The van der Waals surface area contributed by atoms with Crippen LogP contribution in [0.2, 0.25) is 0 Å². The van der Waals surface area contributed by atoms with E-state index in [2.05, 4.69) is 22.3 Å². The summed E-state index contributed by atoms with van der Waals surface area (Å²) in [6, 6.07) is 7.45. The van der Waals surface area contributed by atoms with Crippen LogP contribution in [0.4, 0.5) is 0 Å². The summed E-state index contributed by atoms with van der Waals surface area (Å²) in [4.78, 5) is 11.5. The smallest absolute Gasteiger partial charge is 0.263 e. The lowest BCUT2D eigenvalue weighted by Gasteiger charge is -2.32. The summed E-state index contributed by atoms with van der Waals surface area (Å²) in [7, 11) is 0. The zero-order chi connectivity index (χ0) is 16.2. The van der Waals surface area contributed by atoms with Crippen molar-refractivity contribution in [2.75, 3.05) is 6.26 Å². The van der Waals surface area contributed by atoms with Gasteiger partial charge in [0, 0.05) is 6.92 Å². The average molecular weight is 318 g/mol. The van der Waals surface area contributed by atoms with E-state index in [0.29, 0.717) is 11.5 Å². The molecular weight excluding hydrogens is 300 g/mol. The van der Waals surface area contributed by atoms with Gasteiger partial charge in [0.15, 0.2) is 11.0 Å². The van der Waals surface area contributed by atoms with Gasteiger partial charge in [-0.25, -0.2) is 0 Å². The Morgan fingerprint density at radius 3 is 2.86 bits per heavy atom. The number of nitrogens with zero attached hydrogens (tertiary/aromatic N) is 1. The molecular formula is C16H18N2O3S. The minimum Gasteiger partial charge on any atom is -0.457 e. The molecule has 2 unspecified atom stereocenters. The van der Waals surface area contributed by atoms with Crippen LogP contribution in [0.3, 0.4) is 0 Å². The number of ether oxygens (including phenoxy) is 1. The highest BCUT2D eigenvalue weighted by atomic mass is 32.2. The second-order valence-corrected chi connectivity index (χ2v) is 5.83. The molecule has 6 heteroatoms. The lowest BCUT2D eigenvalue weighted by Crippen LogP contribution is -2.53. The van der Waals surface area contributed by atoms with Crippen molar-refractivity contribution in [2.45, 2.75) is 31.7 Å². The molecule has 0 aliphatic heterocycles. The Kier molecular flexibility index (Phi) is 4.99. The van der Waals surface area contributed by atoms with Crippen molar-refractivity contribution in [3.8, 4) is 17.7 Å². The standard InChI is InChI=1S/C16H18N2O3S/c1-5-10-16(3,17-11(2)19)15(22-4)20-14-12-8-6-7-9-13(12)21-18-14/h6-9,15H,1-4H3,(H,17,19). The first kappa shape index (κ1) is 16.2. The van der Waals surface area contributed by atoms with Gasteiger partial charge in [-0.1, -0.05) is 18.1 Å². The Hall–Kier alpha value is -2.13. The first-order chi connectivity index (χ1) is 10.5. The number of nitrogens with one attached hydrogen (secondary N) is 1. The molecule has 0 radical (unpaired) electrons. The number of rotatable bonds is 5. The Morgan fingerprint density at radius 1 is 1.50 bits per heavy atom. The fourth-order valence-corrected chi connectivity index (χ4v) is 3.00. The van der Waals surface area contributed by atoms with E-state index in [1.165, 1.54) is 18.7 Å². The van der Waals surface area contributed by atoms with Crippen molar-refractivity contribution in [1.29, 1.82) is 0 Å². The van der Waals surface area contributed by atoms with Crippen molar-refractivity contribution in [2.24, 2.45) is 0 Å². The van der Waals surface area contributed by atoms with E-state index in [1.807, 2.05) is 37.4 Å². The normalized spacial score (nSPS) is 14.5. The van der Waals surface area contributed by atoms with Gasteiger partial charge in [-0.2, -0.15) is 0 Å². The number of para-hydroxylation sites is 1. The number of fused-ring (bicyclic) bond motifs is 1. The molecule has 1 aromatic carbocycles. The highest BCUT2D eigenvalue weighted by Gasteiger charge is 2.36. The number of thioether (sulfide) groups is 1. The minimum absolute atomic E-state index is 0.169. The van der Waals surface area contributed by atoms with Crippen LogP contribution in [0.25, 0.3) is 11.0 Å². The quantitative estimate of drug-likeness (QED) is 0.678. The van der Waals surface area contributed by atoms with Crippen LogP contribution < -0.4 is 10.1 Å². The monoisotopic (exact) mass is 318 g/mol. The summed E-state index contributed by atoms with van der Waals surface area (Å²) >= 11 is 1.44. The predicted octanol–water partition coefficient (Wildman–Crippen LogP) is 2.81. The molecule has 2 rings (SSSR count). The molecule has 0 aliphatic carbocycles. The maximum Gasteiger partial charge on any atom is 0.263 e. The molecule has 116 valence electrons. The lowest BCUT2D eigenvalue weighted by molar-refractivity contribution is -0.120. The van der Waals surface area contributed by atoms with E-state index in [-0.39, 0.29) is 5.91 Å². The van der Waals surface area contributed by atoms with Gasteiger partial charge in [0.2, 0.25) is 5.91 Å². The van der Waals surface area contributed by atoms with Crippen LogP contribution in [-0.2, 0) is 4.79 Å². The maximum atomic E-state index is 11.5.